The van der Waals surface area contributed by atoms with E-state index in [4.69, 9.17) is 4.74 Å². The minimum absolute atomic E-state index is 0.0154. The molecule has 0 spiro atoms. The van der Waals surface area contributed by atoms with Gasteiger partial charge in [0.2, 0.25) is 0 Å². The maximum atomic E-state index is 13.4. The topological polar surface area (TPSA) is 153 Å². The molecule has 0 aliphatic heterocycles. The van der Waals surface area contributed by atoms with E-state index in [0.717, 1.165) is 55.2 Å². The van der Waals surface area contributed by atoms with Gasteiger partial charge in [-0.2, -0.15) is 0 Å². The molecule has 2 aromatic carbocycles. The van der Waals surface area contributed by atoms with E-state index in [1.165, 1.54) is 5.01 Å². The highest BCUT2D eigenvalue weighted by Crippen LogP contribution is 2.67. The molecule has 0 aromatic heterocycles. The molecule has 6 rings (SSSR count). The SMILES string of the molecule is COc1cccc(C(=O)NN(C(=O)c2cc(C)cc(C)c2)C(C)(C)C)c1C.C[C@]12CC[C@@H](O)C[C@H]1CC[C@@H]1[C@@H]2C(=O)C[C@@]2(C)[C@H]1CC[C@]2(O)C(=O)CO. The van der Waals surface area contributed by atoms with Crippen molar-refractivity contribution in [2.24, 2.45) is 34.5 Å². The highest BCUT2D eigenvalue weighted by molar-refractivity contribution is 6.00. The van der Waals surface area contributed by atoms with Crippen LogP contribution in [0.4, 0.5) is 0 Å². The van der Waals surface area contributed by atoms with Crippen molar-refractivity contribution in [2.75, 3.05) is 13.7 Å². The predicted octanol–water partition coefficient (Wildman–Crippen LogP) is 6.07. The van der Waals surface area contributed by atoms with E-state index in [-0.39, 0.29) is 53.3 Å². The number of hydrazine groups is 1. The monoisotopic (exact) mass is 732 g/mol. The Bertz CT molecular complexity index is 1730. The van der Waals surface area contributed by atoms with Crippen LogP contribution in [0.1, 0.15) is 123 Å². The number of Topliss-reactive ketones (excluding diaryl/α,β-unsaturated/α-hetero) is 2. The van der Waals surface area contributed by atoms with Crippen molar-refractivity contribution in [3.8, 4) is 5.75 Å². The van der Waals surface area contributed by atoms with Gasteiger partial charge in [-0.15, -0.1) is 0 Å². The molecule has 4 saturated carbocycles. The van der Waals surface area contributed by atoms with Crippen LogP contribution in [0, 0.1) is 55.3 Å². The van der Waals surface area contributed by atoms with Gasteiger partial charge < -0.3 is 20.1 Å². The molecule has 0 heterocycles. The molecule has 2 amide bonds. The number of aliphatic hydroxyl groups excluding tert-OH is 2. The molecule has 0 saturated heterocycles. The van der Waals surface area contributed by atoms with Crippen molar-refractivity contribution in [1.29, 1.82) is 0 Å². The molecule has 0 radical (unpaired) electrons. The molecule has 4 N–H and O–H groups in total. The Balaban J connectivity index is 0.000000204. The minimum atomic E-state index is -1.58. The first-order valence-electron chi connectivity index (χ1n) is 19.2. The maximum absolute atomic E-state index is 13.4. The number of hydrogen-bond donors (Lipinski definition) is 4. The first-order chi connectivity index (χ1) is 24.7. The number of ketones is 2. The third-order valence-corrected chi connectivity index (χ3v) is 13.4. The third kappa shape index (κ3) is 7.31. The van der Waals surface area contributed by atoms with Crippen molar-refractivity contribution in [3.05, 3.63) is 64.2 Å². The number of rotatable bonds is 5. The molecule has 4 aliphatic carbocycles. The Labute approximate surface area is 314 Å². The number of ether oxygens (including phenoxy) is 1. The van der Waals surface area contributed by atoms with Crippen LogP contribution in [0.25, 0.3) is 0 Å². The van der Waals surface area contributed by atoms with Crippen molar-refractivity contribution in [3.63, 3.8) is 0 Å². The number of aryl methyl sites for hydroxylation is 2. The molecular weight excluding hydrogens is 672 g/mol. The lowest BCUT2D eigenvalue weighted by atomic mass is 9.44. The number of benzene rings is 2. The number of carbonyl (C=O) groups excluding carboxylic acids is 4. The lowest BCUT2D eigenvalue weighted by Gasteiger charge is -2.60. The van der Waals surface area contributed by atoms with Crippen molar-refractivity contribution in [1.82, 2.24) is 10.4 Å². The van der Waals surface area contributed by atoms with E-state index in [1.54, 1.807) is 25.3 Å². The molecule has 0 unspecified atom stereocenters. The number of amides is 2. The van der Waals surface area contributed by atoms with E-state index in [9.17, 15) is 34.5 Å². The van der Waals surface area contributed by atoms with Gasteiger partial charge in [0.25, 0.3) is 11.8 Å². The van der Waals surface area contributed by atoms with E-state index < -0.39 is 28.9 Å². The summed E-state index contributed by atoms with van der Waals surface area (Å²) in [6, 6.07) is 10.9. The van der Waals surface area contributed by atoms with Crippen LogP contribution in [0.15, 0.2) is 36.4 Å². The zero-order valence-electron chi connectivity index (χ0n) is 33.0. The maximum Gasteiger partial charge on any atom is 0.272 e. The second-order valence-electron chi connectivity index (χ2n) is 17.8. The molecule has 0 bridgehead atoms. The molecule has 53 heavy (non-hydrogen) atoms. The number of nitrogens with zero attached hydrogens (tertiary/aromatic N) is 1. The summed E-state index contributed by atoms with van der Waals surface area (Å²) in [6.07, 6.45) is 5.47. The highest BCUT2D eigenvalue weighted by Gasteiger charge is 2.68. The van der Waals surface area contributed by atoms with Crippen LogP contribution in [-0.4, -0.2) is 74.7 Å². The Morgan fingerprint density at radius 2 is 1.64 bits per heavy atom. The standard InChI is InChI=1S/C22H28N2O3.C21H32O5/c1-14-11-15(2)13-17(12-14)21(26)24(22(4,5)6)23-20(25)18-9-8-10-19(27-7)16(18)3;1-19-7-5-13(23)9-12(19)3-4-14-15-6-8-21(26,17(25)11-22)20(15,2)10-16(24)18(14)19/h8-13H,1-7H3,(H,23,25);12-15,18,22-23,26H,3-11H2,1-2H3/t;12-,13-,14+,15+,18-,19+,20+,21+/m.1/s1. The molecule has 2 aromatic rings. The van der Waals surface area contributed by atoms with Crippen LogP contribution in [0.5, 0.6) is 5.75 Å². The van der Waals surface area contributed by atoms with Crippen molar-refractivity contribution < 1.29 is 39.2 Å². The highest BCUT2D eigenvalue weighted by atomic mass is 16.5. The van der Waals surface area contributed by atoms with Gasteiger partial charge in [-0.1, -0.05) is 37.1 Å². The summed E-state index contributed by atoms with van der Waals surface area (Å²) >= 11 is 0. The summed E-state index contributed by atoms with van der Waals surface area (Å²) in [5, 5.41) is 32.0. The average molecular weight is 733 g/mol. The Hall–Kier alpha value is -3.60. The van der Waals surface area contributed by atoms with Gasteiger partial charge in [-0.25, -0.2) is 5.01 Å². The van der Waals surface area contributed by atoms with Gasteiger partial charge in [0.15, 0.2) is 5.78 Å². The lowest BCUT2D eigenvalue weighted by Crippen LogP contribution is -2.62. The summed E-state index contributed by atoms with van der Waals surface area (Å²) in [6.45, 7) is 14.8. The molecule has 4 fully saturated rings. The van der Waals surface area contributed by atoms with E-state index >= 15 is 0 Å². The molecule has 4 aliphatic rings. The number of methoxy groups -OCH3 is 1. The van der Waals surface area contributed by atoms with Crippen LogP contribution in [0.3, 0.4) is 0 Å². The van der Waals surface area contributed by atoms with Gasteiger partial charge in [0.1, 0.15) is 23.7 Å². The lowest BCUT2D eigenvalue weighted by molar-refractivity contribution is -0.180. The molecule has 290 valence electrons. The largest absolute Gasteiger partial charge is 0.496 e. The van der Waals surface area contributed by atoms with Crippen LogP contribution in [-0.2, 0) is 9.59 Å². The zero-order chi connectivity index (χ0) is 39.3. The number of hydrogen-bond acceptors (Lipinski definition) is 8. The Morgan fingerprint density at radius 3 is 2.25 bits per heavy atom. The van der Waals surface area contributed by atoms with Crippen LogP contribution in [0.2, 0.25) is 0 Å². The third-order valence-electron chi connectivity index (χ3n) is 13.4. The summed E-state index contributed by atoms with van der Waals surface area (Å²) in [5.41, 5.74) is 3.53. The first kappa shape index (κ1) is 40.6. The fraction of sp³-hybridized carbons (Fsp3) is 0.628. The smallest absolute Gasteiger partial charge is 0.272 e. The quantitative estimate of drug-likeness (QED) is 0.271. The summed E-state index contributed by atoms with van der Waals surface area (Å²) in [5.74, 6) is 0.415. The van der Waals surface area contributed by atoms with Crippen molar-refractivity contribution >= 4 is 23.4 Å². The minimum Gasteiger partial charge on any atom is -0.496 e. The molecular formula is C43H60N2O8. The van der Waals surface area contributed by atoms with Gasteiger partial charge in [0.05, 0.1) is 18.8 Å². The van der Waals surface area contributed by atoms with E-state index in [2.05, 4.69) is 12.3 Å². The molecule has 8 atom stereocenters. The van der Waals surface area contributed by atoms with Gasteiger partial charge in [-0.3, -0.25) is 24.6 Å². The fourth-order valence-electron chi connectivity index (χ4n) is 10.6. The average Bonchev–Trinajstić information content (AvgIpc) is 3.36. The first-order valence-corrected chi connectivity index (χ1v) is 19.2. The molecule has 10 nitrogen and oxygen atoms in total. The number of aliphatic hydroxyl groups is 3. The normalized spacial score (nSPS) is 31.9. The van der Waals surface area contributed by atoms with Gasteiger partial charge >= 0.3 is 0 Å². The summed E-state index contributed by atoms with van der Waals surface area (Å²) in [4.78, 5) is 51.8. The Kier molecular flexibility index (Phi) is 11.4. The van der Waals surface area contributed by atoms with Gasteiger partial charge in [0, 0.05) is 34.4 Å². The van der Waals surface area contributed by atoms with E-state index in [1.807, 2.05) is 66.7 Å². The second-order valence-corrected chi connectivity index (χ2v) is 17.8. The number of carbonyl (C=O) groups is 4. The summed E-state index contributed by atoms with van der Waals surface area (Å²) in [7, 11) is 1.56. The van der Waals surface area contributed by atoms with Crippen LogP contribution >= 0.6 is 0 Å². The number of nitrogens with one attached hydrogen (secondary N) is 1. The number of fused-ring (bicyclic) bond motifs is 5. The predicted molar refractivity (Wildman–Crippen MR) is 202 cm³/mol. The van der Waals surface area contributed by atoms with Crippen LogP contribution < -0.4 is 10.2 Å². The second kappa shape index (κ2) is 14.9. The molecule has 10 heteroatoms. The Morgan fingerprint density at radius 1 is 0.981 bits per heavy atom. The fourth-order valence-corrected chi connectivity index (χ4v) is 10.6. The van der Waals surface area contributed by atoms with Crippen molar-refractivity contribution in [2.45, 2.75) is 124 Å². The van der Waals surface area contributed by atoms with Gasteiger partial charge in [-0.05, 0) is 134 Å². The van der Waals surface area contributed by atoms with E-state index in [0.29, 0.717) is 29.2 Å². The zero-order valence-corrected chi connectivity index (χ0v) is 33.0. The summed E-state index contributed by atoms with van der Waals surface area (Å²) < 4.78 is 5.29.